The van der Waals surface area contributed by atoms with Gasteiger partial charge in [0.15, 0.2) is 0 Å². The zero-order valence-corrected chi connectivity index (χ0v) is 16.4. The number of para-hydroxylation sites is 1. The Hall–Kier alpha value is -3.01. The Balaban J connectivity index is 2.45. The largest absolute Gasteiger partial charge is 0.324 e. The molecule has 0 aliphatic rings. The predicted molar refractivity (Wildman–Crippen MR) is 104 cm³/mol. The first kappa shape index (κ1) is 21.3. The van der Waals surface area contributed by atoms with E-state index in [1.165, 1.54) is 36.4 Å². The van der Waals surface area contributed by atoms with Crippen molar-refractivity contribution in [3.8, 4) is 0 Å². The van der Waals surface area contributed by atoms with E-state index in [4.69, 9.17) is 0 Å². The first-order chi connectivity index (χ1) is 13.1. The van der Waals surface area contributed by atoms with Crippen LogP contribution in [0.5, 0.6) is 0 Å². The van der Waals surface area contributed by atoms with E-state index < -0.39 is 32.7 Å². The molecule has 0 spiro atoms. The van der Waals surface area contributed by atoms with Crippen molar-refractivity contribution in [2.24, 2.45) is 0 Å². The summed E-state index contributed by atoms with van der Waals surface area (Å²) in [5.74, 6) is -1.51. The van der Waals surface area contributed by atoms with E-state index in [-0.39, 0.29) is 23.5 Å². The third-order valence-electron chi connectivity index (χ3n) is 4.11. The summed E-state index contributed by atoms with van der Waals surface area (Å²) in [6.45, 7) is 3.23. The third-order valence-corrected chi connectivity index (χ3v) is 5.28. The molecule has 8 nitrogen and oxygen atoms in total. The van der Waals surface area contributed by atoms with Crippen LogP contribution in [0.15, 0.2) is 42.5 Å². The molecular weight excluding hydrogens is 389 g/mol. The molecule has 0 aromatic heterocycles. The summed E-state index contributed by atoms with van der Waals surface area (Å²) in [4.78, 5) is 23.2. The second-order valence-electron chi connectivity index (χ2n) is 6.18. The Bertz CT molecular complexity index is 1010. The number of amides is 1. The predicted octanol–water partition coefficient (Wildman–Crippen LogP) is 3.23. The number of nitro groups is 1. The normalized spacial score (nSPS) is 12.3. The lowest BCUT2D eigenvalue weighted by atomic mass is 10.1. The van der Waals surface area contributed by atoms with Crippen LogP contribution < -0.4 is 9.62 Å². The molecule has 0 aliphatic heterocycles. The number of hydrogen-bond donors (Lipinski definition) is 1. The van der Waals surface area contributed by atoms with Crippen molar-refractivity contribution < 1.29 is 22.5 Å². The molecule has 2 rings (SSSR count). The molecule has 0 radical (unpaired) electrons. The van der Waals surface area contributed by atoms with E-state index in [1.807, 2.05) is 0 Å². The molecule has 0 saturated heterocycles. The molecule has 0 heterocycles. The molecule has 0 saturated carbocycles. The minimum absolute atomic E-state index is 0.0568. The van der Waals surface area contributed by atoms with Crippen molar-refractivity contribution >= 4 is 33.0 Å². The van der Waals surface area contributed by atoms with Crippen LogP contribution >= 0.6 is 0 Å². The van der Waals surface area contributed by atoms with E-state index in [2.05, 4.69) is 5.32 Å². The SMILES string of the molecule is CCC(C(=O)Nc1cc([N+](=O)[O-])ccc1C)N(c1ccccc1F)S(C)(=O)=O. The fourth-order valence-corrected chi connectivity index (χ4v) is 3.95. The maximum atomic E-state index is 14.3. The maximum absolute atomic E-state index is 14.3. The summed E-state index contributed by atoms with van der Waals surface area (Å²) < 4.78 is 39.7. The quantitative estimate of drug-likeness (QED) is 0.558. The first-order valence-electron chi connectivity index (χ1n) is 8.36. The monoisotopic (exact) mass is 409 g/mol. The lowest BCUT2D eigenvalue weighted by molar-refractivity contribution is -0.384. The van der Waals surface area contributed by atoms with Gasteiger partial charge in [-0.15, -0.1) is 0 Å². The highest BCUT2D eigenvalue weighted by Gasteiger charge is 2.33. The lowest BCUT2D eigenvalue weighted by Gasteiger charge is -2.30. The average Bonchev–Trinajstić information content (AvgIpc) is 2.61. The lowest BCUT2D eigenvalue weighted by Crippen LogP contribution is -2.47. The van der Waals surface area contributed by atoms with Crippen LogP contribution in [0.3, 0.4) is 0 Å². The number of carbonyl (C=O) groups excluding carboxylic acids is 1. The number of sulfonamides is 1. The highest BCUT2D eigenvalue weighted by molar-refractivity contribution is 7.92. The number of carbonyl (C=O) groups is 1. The van der Waals surface area contributed by atoms with Crippen LogP contribution in [0.4, 0.5) is 21.5 Å². The topological polar surface area (TPSA) is 110 Å². The molecule has 1 N–H and O–H groups in total. The van der Waals surface area contributed by atoms with Crippen molar-refractivity contribution in [2.45, 2.75) is 26.3 Å². The molecule has 1 unspecified atom stereocenters. The molecule has 0 aliphatic carbocycles. The third kappa shape index (κ3) is 4.63. The van der Waals surface area contributed by atoms with E-state index in [9.17, 15) is 27.7 Å². The van der Waals surface area contributed by atoms with E-state index in [0.717, 1.165) is 16.6 Å². The van der Waals surface area contributed by atoms with Crippen molar-refractivity contribution in [3.63, 3.8) is 0 Å². The molecule has 0 fully saturated rings. The number of non-ortho nitro benzene ring substituents is 1. The summed E-state index contributed by atoms with van der Waals surface area (Å²) in [7, 11) is -4.00. The highest BCUT2D eigenvalue weighted by atomic mass is 32.2. The summed E-state index contributed by atoms with van der Waals surface area (Å²) in [6.07, 6.45) is 0.940. The standard InChI is InChI=1S/C18H20FN3O5S/c1-4-16(21(28(3,26)27)17-8-6-5-7-14(17)19)18(23)20-15-11-13(22(24)25)10-9-12(15)2/h5-11,16H,4H2,1-3H3,(H,20,23). The second kappa shape index (κ2) is 8.34. The zero-order valence-electron chi connectivity index (χ0n) is 15.5. The Labute approximate surface area is 162 Å². The van der Waals surface area contributed by atoms with Gasteiger partial charge in [-0.05, 0) is 31.0 Å². The van der Waals surface area contributed by atoms with Gasteiger partial charge >= 0.3 is 0 Å². The van der Waals surface area contributed by atoms with Crippen molar-refractivity contribution in [2.75, 3.05) is 15.9 Å². The number of nitrogens with zero attached hydrogens (tertiary/aromatic N) is 2. The number of nitro benzene ring substituents is 1. The van der Waals surface area contributed by atoms with Gasteiger partial charge in [-0.3, -0.25) is 19.2 Å². The number of nitrogens with one attached hydrogen (secondary N) is 1. The van der Waals surface area contributed by atoms with Gasteiger partial charge in [0.05, 0.1) is 22.6 Å². The number of hydrogen-bond acceptors (Lipinski definition) is 5. The number of aryl methyl sites for hydroxylation is 1. The molecule has 0 bridgehead atoms. The Morgan fingerprint density at radius 1 is 1.29 bits per heavy atom. The fraction of sp³-hybridized carbons (Fsp3) is 0.278. The summed E-state index contributed by atoms with van der Waals surface area (Å²) in [5.41, 5.74) is 0.274. The van der Waals surface area contributed by atoms with Crippen LogP contribution in [0, 0.1) is 22.9 Å². The summed E-state index contributed by atoms with van der Waals surface area (Å²) in [6, 6.07) is 7.95. The van der Waals surface area contributed by atoms with Gasteiger partial charge in [0.1, 0.15) is 11.9 Å². The van der Waals surface area contributed by atoms with Crippen LogP contribution in [-0.4, -0.2) is 31.5 Å². The Morgan fingerprint density at radius 2 is 1.93 bits per heavy atom. The molecule has 10 heteroatoms. The van der Waals surface area contributed by atoms with E-state index in [0.29, 0.717) is 5.56 Å². The maximum Gasteiger partial charge on any atom is 0.271 e. The molecular formula is C18H20FN3O5S. The molecule has 150 valence electrons. The van der Waals surface area contributed by atoms with Crippen LogP contribution in [0.2, 0.25) is 0 Å². The first-order valence-corrected chi connectivity index (χ1v) is 10.2. The minimum atomic E-state index is -4.00. The smallest absolute Gasteiger partial charge is 0.271 e. The molecule has 2 aromatic rings. The van der Waals surface area contributed by atoms with Crippen molar-refractivity contribution in [3.05, 3.63) is 64.0 Å². The highest BCUT2D eigenvalue weighted by Crippen LogP contribution is 2.27. The molecule has 28 heavy (non-hydrogen) atoms. The van der Waals surface area contributed by atoms with E-state index >= 15 is 0 Å². The van der Waals surface area contributed by atoms with Crippen LogP contribution in [-0.2, 0) is 14.8 Å². The van der Waals surface area contributed by atoms with Crippen molar-refractivity contribution in [1.82, 2.24) is 0 Å². The number of benzene rings is 2. The molecule has 2 aromatic carbocycles. The van der Waals surface area contributed by atoms with Gasteiger partial charge in [0.25, 0.3) is 5.69 Å². The van der Waals surface area contributed by atoms with E-state index in [1.54, 1.807) is 13.8 Å². The average molecular weight is 409 g/mol. The second-order valence-corrected chi connectivity index (χ2v) is 8.04. The Morgan fingerprint density at radius 3 is 2.46 bits per heavy atom. The van der Waals surface area contributed by atoms with Gasteiger partial charge in [-0.2, -0.15) is 0 Å². The molecule has 1 amide bonds. The van der Waals surface area contributed by atoms with Gasteiger partial charge in [-0.25, -0.2) is 12.8 Å². The number of halogens is 1. The van der Waals surface area contributed by atoms with Crippen LogP contribution in [0.25, 0.3) is 0 Å². The molecule has 1 atom stereocenters. The van der Waals surface area contributed by atoms with Gasteiger partial charge in [-0.1, -0.05) is 25.1 Å². The van der Waals surface area contributed by atoms with Crippen LogP contribution in [0.1, 0.15) is 18.9 Å². The summed E-state index contributed by atoms with van der Waals surface area (Å²) in [5, 5.41) is 13.5. The minimum Gasteiger partial charge on any atom is -0.324 e. The zero-order chi connectivity index (χ0) is 21.1. The van der Waals surface area contributed by atoms with Crippen molar-refractivity contribution in [1.29, 1.82) is 0 Å². The summed E-state index contributed by atoms with van der Waals surface area (Å²) >= 11 is 0. The number of anilines is 2. The van der Waals surface area contributed by atoms with Gasteiger partial charge in [0.2, 0.25) is 15.9 Å². The van der Waals surface area contributed by atoms with Gasteiger partial charge < -0.3 is 5.32 Å². The fourth-order valence-electron chi connectivity index (χ4n) is 2.74. The number of rotatable bonds is 7. The van der Waals surface area contributed by atoms with Gasteiger partial charge in [0, 0.05) is 12.1 Å². The Kier molecular flexibility index (Phi) is 6.34.